The Balaban J connectivity index is 2.10. The summed E-state index contributed by atoms with van der Waals surface area (Å²) >= 11 is 0. The Morgan fingerprint density at radius 1 is 1.33 bits per heavy atom. The molecule has 1 saturated heterocycles. The van der Waals surface area contributed by atoms with Gasteiger partial charge in [-0.15, -0.1) is 0 Å². The minimum atomic E-state index is -1.54. The van der Waals surface area contributed by atoms with Crippen molar-refractivity contribution in [1.82, 2.24) is 0 Å². The van der Waals surface area contributed by atoms with Crippen molar-refractivity contribution < 1.29 is 34.5 Å². The maximum absolute atomic E-state index is 10.4. The van der Waals surface area contributed by atoms with Crippen LogP contribution in [-0.2, 0) is 4.74 Å². The molecule has 1 aromatic rings. The smallest absolute Gasteiger partial charge is 0.400 e. The molecule has 1 aromatic heterocycles. The van der Waals surface area contributed by atoms with Crippen LogP contribution in [0.15, 0.2) is 21.5 Å². The molecule has 21 heavy (non-hydrogen) atoms. The molecule has 0 amide bonds. The standard InChI is InChI=1S/C11H14N2O8/c14-4-6-9(15)10(16)8(11(17)21-6)12-3-5-1-2-7(20-5)13(18)19/h1-3,6,8-11,14-17H,4H2/t6-,8-,9-,10-,11?/m1/s1. The van der Waals surface area contributed by atoms with E-state index in [1.165, 1.54) is 6.07 Å². The predicted molar refractivity (Wildman–Crippen MR) is 66.7 cm³/mol. The van der Waals surface area contributed by atoms with Crippen LogP contribution < -0.4 is 0 Å². The summed E-state index contributed by atoms with van der Waals surface area (Å²) in [7, 11) is 0. The summed E-state index contributed by atoms with van der Waals surface area (Å²) in [5, 5.41) is 48.5. The molecule has 0 bridgehead atoms. The number of aliphatic imine (C=N–C) groups is 1. The van der Waals surface area contributed by atoms with Gasteiger partial charge in [-0.05, 0) is 6.07 Å². The quantitative estimate of drug-likeness (QED) is 0.294. The molecule has 1 aliphatic heterocycles. The molecule has 1 fully saturated rings. The number of rotatable bonds is 4. The van der Waals surface area contributed by atoms with E-state index in [0.29, 0.717) is 0 Å². The van der Waals surface area contributed by atoms with Crippen molar-refractivity contribution in [2.24, 2.45) is 4.99 Å². The third-order valence-electron chi connectivity index (χ3n) is 3.03. The van der Waals surface area contributed by atoms with Crippen LogP contribution in [0.25, 0.3) is 0 Å². The van der Waals surface area contributed by atoms with E-state index in [1.54, 1.807) is 0 Å². The van der Waals surface area contributed by atoms with Crippen LogP contribution in [0, 0.1) is 10.1 Å². The van der Waals surface area contributed by atoms with E-state index in [9.17, 15) is 25.4 Å². The molecule has 2 heterocycles. The van der Waals surface area contributed by atoms with Gasteiger partial charge in [-0.3, -0.25) is 15.1 Å². The Morgan fingerprint density at radius 3 is 2.62 bits per heavy atom. The fourth-order valence-corrected chi connectivity index (χ4v) is 1.91. The van der Waals surface area contributed by atoms with Crippen molar-refractivity contribution >= 4 is 12.1 Å². The van der Waals surface area contributed by atoms with Crippen LogP contribution in [0.2, 0.25) is 0 Å². The van der Waals surface area contributed by atoms with Gasteiger partial charge in [-0.1, -0.05) is 0 Å². The molecular weight excluding hydrogens is 288 g/mol. The van der Waals surface area contributed by atoms with Gasteiger partial charge in [-0.25, -0.2) is 0 Å². The number of aliphatic hydroxyl groups excluding tert-OH is 4. The molecule has 0 radical (unpaired) electrons. The Hall–Kier alpha value is -1.85. The second-order valence-electron chi connectivity index (χ2n) is 4.43. The highest BCUT2D eigenvalue weighted by atomic mass is 16.6. The Kier molecular flexibility index (Phi) is 4.65. The fraction of sp³-hybridized carbons (Fsp3) is 0.545. The summed E-state index contributed by atoms with van der Waals surface area (Å²) in [5.41, 5.74) is 0. The molecule has 0 spiro atoms. The summed E-state index contributed by atoms with van der Waals surface area (Å²) in [4.78, 5) is 13.5. The molecule has 1 aliphatic rings. The molecule has 0 aliphatic carbocycles. The molecular formula is C11H14N2O8. The van der Waals surface area contributed by atoms with Crippen LogP contribution in [-0.4, -0.2) is 68.8 Å². The zero-order chi connectivity index (χ0) is 15.6. The average Bonchev–Trinajstić information content (AvgIpc) is 2.91. The van der Waals surface area contributed by atoms with Crippen molar-refractivity contribution in [2.45, 2.75) is 30.6 Å². The second-order valence-corrected chi connectivity index (χ2v) is 4.43. The van der Waals surface area contributed by atoms with E-state index in [0.717, 1.165) is 12.3 Å². The number of aliphatic hydroxyl groups is 4. The van der Waals surface area contributed by atoms with Crippen LogP contribution >= 0.6 is 0 Å². The van der Waals surface area contributed by atoms with Crippen LogP contribution in [0.3, 0.4) is 0 Å². The van der Waals surface area contributed by atoms with Gasteiger partial charge in [-0.2, -0.15) is 0 Å². The summed E-state index contributed by atoms with van der Waals surface area (Å²) in [6.07, 6.45) is -4.48. The third kappa shape index (κ3) is 3.25. The lowest BCUT2D eigenvalue weighted by Crippen LogP contribution is -2.57. The average molecular weight is 302 g/mol. The van der Waals surface area contributed by atoms with Gasteiger partial charge < -0.3 is 29.6 Å². The molecule has 5 atom stereocenters. The first-order valence-corrected chi connectivity index (χ1v) is 6.02. The lowest BCUT2D eigenvalue weighted by atomic mass is 9.97. The largest absolute Gasteiger partial charge is 0.433 e. The van der Waals surface area contributed by atoms with Crippen molar-refractivity contribution in [3.05, 3.63) is 28.0 Å². The maximum atomic E-state index is 10.4. The Bertz CT molecular complexity index is 530. The first-order chi connectivity index (χ1) is 9.93. The Morgan fingerprint density at radius 2 is 2.05 bits per heavy atom. The maximum Gasteiger partial charge on any atom is 0.433 e. The monoisotopic (exact) mass is 302 g/mol. The van der Waals surface area contributed by atoms with E-state index in [1.807, 2.05) is 0 Å². The van der Waals surface area contributed by atoms with Crippen molar-refractivity contribution in [2.75, 3.05) is 6.61 Å². The molecule has 10 heteroatoms. The molecule has 0 saturated carbocycles. The van der Waals surface area contributed by atoms with Gasteiger partial charge in [0, 0.05) is 0 Å². The summed E-state index contributed by atoms with van der Waals surface area (Å²) < 4.78 is 9.73. The van der Waals surface area contributed by atoms with Crippen molar-refractivity contribution in [1.29, 1.82) is 0 Å². The summed E-state index contributed by atoms with van der Waals surface area (Å²) in [5.74, 6) is -0.433. The van der Waals surface area contributed by atoms with Gasteiger partial charge in [0.15, 0.2) is 12.1 Å². The number of hydrogen-bond donors (Lipinski definition) is 4. The highest BCUT2D eigenvalue weighted by Gasteiger charge is 2.43. The van der Waals surface area contributed by atoms with Crippen LogP contribution in [0.4, 0.5) is 5.88 Å². The van der Waals surface area contributed by atoms with Gasteiger partial charge in [0.25, 0.3) is 0 Å². The lowest BCUT2D eigenvalue weighted by molar-refractivity contribution is -0.402. The highest BCUT2D eigenvalue weighted by Crippen LogP contribution is 2.22. The SMILES string of the molecule is O=[N+]([O-])c1ccc(C=N[C@H]2C(O)O[C@H](CO)[C@@H](O)[C@@H]2O)o1. The van der Waals surface area contributed by atoms with E-state index >= 15 is 0 Å². The van der Waals surface area contributed by atoms with Crippen LogP contribution in [0.5, 0.6) is 0 Å². The molecule has 10 nitrogen and oxygen atoms in total. The molecule has 2 rings (SSSR count). The van der Waals surface area contributed by atoms with Gasteiger partial charge in [0.1, 0.15) is 29.3 Å². The lowest BCUT2D eigenvalue weighted by Gasteiger charge is -2.38. The zero-order valence-corrected chi connectivity index (χ0v) is 10.6. The van der Waals surface area contributed by atoms with Gasteiger partial charge >= 0.3 is 5.88 Å². The highest BCUT2D eigenvalue weighted by molar-refractivity contribution is 5.76. The van der Waals surface area contributed by atoms with Crippen molar-refractivity contribution in [3.63, 3.8) is 0 Å². The van der Waals surface area contributed by atoms with Gasteiger partial charge in [0.05, 0.1) is 18.9 Å². The number of nitrogens with zero attached hydrogens (tertiary/aromatic N) is 2. The summed E-state index contributed by atoms with van der Waals surface area (Å²) in [6, 6.07) is 1.20. The number of hydrogen-bond acceptors (Lipinski definition) is 9. The zero-order valence-electron chi connectivity index (χ0n) is 10.6. The molecule has 4 N–H and O–H groups in total. The minimum absolute atomic E-state index is 0.0415. The first kappa shape index (κ1) is 15.5. The van der Waals surface area contributed by atoms with E-state index in [4.69, 9.17) is 14.3 Å². The molecule has 1 unspecified atom stereocenters. The van der Waals surface area contributed by atoms with E-state index < -0.39 is 48.1 Å². The van der Waals surface area contributed by atoms with Crippen molar-refractivity contribution in [3.8, 4) is 0 Å². The summed E-state index contributed by atoms with van der Waals surface area (Å²) in [6.45, 7) is -0.573. The number of furan rings is 1. The third-order valence-corrected chi connectivity index (χ3v) is 3.03. The van der Waals surface area contributed by atoms with E-state index in [-0.39, 0.29) is 5.76 Å². The normalized spacial score (nSPS) is 33.4. The van der Waals surface area contributed by atoms with Crippen LogP contribution in [0.1, 0.15) is 5.76 Å². The first-order valence-electron chi connectivity index (χ1n) is 6.02. The minimum Gasteiger partial charge on any atom is -0.400 e. The van der Waals surface area contributed by atoms with Gasteiger partial charge in [0.2, 0.25) is 0 Å². The topological polar surface area (TPSA) is 159 Å². The molecule has 116 valence electrons. The predicted octanol–water partition coefficient (Wildman–Crippen LogP) is -1.59. The second kappa shape index (κ2) is 6.28. The number of ether oxygens (including phenoxy) is 1. The Labute approximate surface area is 118 Å². The van der Waals surface area contributed by atoms with E-state index in [2.05, 4.69) is 4.99 Å². The molecule has 0 aromatic carbocycles. The fourth-order valence-electron chi connectivity index (χ4n) is 1.91. The number of nitro groups is 1.